The van der Waals surface area contributed by atoms with Gasteiger partial charge in [0.2, 0.25) is 0 Å². The smallest absolute Gasteiger partial charge is 0.322 e. The van der Waals surface area contributed by atoms with Gasteiger partial charge in [-0.1, -0.05) is 6.92 Å². The second-order valence-corrected chi connectivity index (χ2v) is 4.98. The van der Waals surface area contributed by atoms with Crippen LogP contribution in [0.2, 0.25) is 0 Å². The number of aromatic nitrogens is 2. The lowest BCUT2D eigenvalue weighted by atomic mass is 10.2. The second-order valence-electron chi connectivity index (χ2n) is 4.98. The van der Waals surface area contributed by atoms with Crippen LogP contribution in [0.15, 0.2) is 6.20 Å². The zero-order chi connectivity index (χ0) is 15.4. The van der Waals surface area contributed by atoms with E-state index in [0.717, 1.165) is 12.1 Å². The third-order valence-electron chi connectivity index (χ3n) is 3.31. The van der Waals surface area contributed by atoms with Gasteiger partial charge in [-0.05, 0) is 6.42 Å². The number of urea groups is 1. The van der Waals surface area contributed by atoms with Gasteiger partial charge in [-0.15, -0.1) is 0 Å². The lowest BCUT2D eigenvalue weighted by molar-refractivity contribution is -0.141. The number of rotatable bonds is 4. The highest BCUT2D eigenvalue weighted by Gasteiger charge is 2.26. The van der Waals surface area contributed by atoms with E-state index >= 15 is 0 Å². The van der Waals surface area contributed by atoms with E-state index in [1.54, 1.807) is 22.8 Å². The lowest BCUT2D eigenvalue weighted by Gasteiger charge is -2.32. The maximum Gasteiger partial charge on any atom is 0.322 e. The fourth-order valence-corrected chi connectivity index (χ4v) is 2.32. The molecule has 1 atom stereocenters. The molecule has 2 amide bonds. The summed E-state index contributed by atoms with van der Waals surface area (Å²) in [6.07, 6.45) is 1.92. The van der Waals surface area contributed by atoms with Gasteiger partial charge < -0.3 is 20.1 Å². The maximum atomic E-state index is 12.3. The van der Waals surface area contributed by atoms with Crippen LogP contribution in [0, 0.1) is 0 Å². The molecule has 2 N–H and O–H groups in total. The van der Waals surface area contributed by atoms with Gasteiger partial charge in [0.1, 0.15) is 0 Å². The molecule has 1 fully saturated rings. The van der Waals surface area contributed by atoms with E-state index in [4.69, 9.17) is 9.84 Å². The van der Waals surface area contributed by atoms with Gasteiger partial charge in [-0.3, -0.25) is 9.48 Å². The van der Waals surface area contributed by atoms with Crippen LogP contribution in [0.5, 0.6) is 0 Å². The summed E-state index contributed by atoms with van der Waals surface area (Å²) in [7, 11) is 1.80. The number of carboxylic acids is 1. The van der Waals surface area contributed by atoms with Gasteiger partial charge in [0.05, 0.1) is 30.5 Å². The number of carbonyl (C=O) groups is 2. The monoisotopic (exact) mass is 296 g/mol. The van der Waals surface area contributed by atoms with Crippen molar-refractivity contribution in [1.82, 2.24) is 14.7 Å². The molecule has 1 aromatic rings. The minimum atomic E-state index is -0.928. The van der Waals surface area contributed by atoms with E-state index in [2.05, 4.69) is 10.4 Å². The first-order valence-electron chi connectivity index (χ1n) is 6.91. The minimum Gasteiger partial charge on any atom is -0.481 e. The molecule has 2 heterocycles. The van der Waals surface area contributed by atoms with Gasteiger partial charge in [-0.2, -0.15) is 5.10 Å². The van der Waals surface area contributed by atoms with E-state index in [9.17, 15) is 9.59 Å². The molecule has 1 unspecified atom stereocenters. The van der Waals surface area contributed by atoms with E-state index in [0.29, 0.717) is 18.8 Å². The van der Waals surface area contributed by atoms with Crippen LogP contribution in [0.3, 0.4) is 0 Å². The zero-order valence-corrected chi connectivity index (χ0v) is 12.2. The number of amides is 2. The summed E-state index contributed by atoms with van der Waals surface area (Å²) in [4.78, 5) is 24.5. The highest BCUT2D eigenvalue weighted by molar-refractivity contribution is 5.90. The average molecular weight is 296 g/mol. The number of carboxylic acid groups (broad SMARTS) is 1. The van der Waals surface area contributed by atoms with Crippen LogP contribution in [-0.4, -0.2) is 57.6 Å². The minimum absolute atomic E-state index is 0.100. The highest BCUT2D eigenvalue weighted by atomic mass is 16.5. The number of morpholine rings is 1. The molecular formula is C13H20N4O4. The van der Waals surface area contributed by atoms with E-state index < -0.39 is 12.1 Å². The zero-order valence-electron chi connectivity index (χ0n) is 12.2. The molecule has 1 aliphatic heterocycles. The number of carbonyl (C=O) groups excluding carboxylic acids is 1. The number of hydrogen-bond acceptors (Lipinski definition) is 4. The van der Waals surface area contributed by atoms with Gasteiger partial charge in [0.15, 0.2) is 0 Å². The van der Waals surface area contributed by atoms with Gasteiger partial charge >= 0.3 is 12.0 Å². The first-order valence-corrected chi connectivity index (χ1v) is 6.91. The van der Waals surface area contributed by atoms with E-state index in [-0.39, 0.29) is 19.0 Å². The topological polar surface area (TPSA) is 96.7 Å². The standard InChI is InChI=1S/C13H20N4O4/c1-3-10-11(8-16(2)15-10)14-13(20)17-4-5-21-9(7-17)6-12(18)19/h8-9H,3-7H2,1-2H3,(H,14,20)(H,18,19). The number of nitrogens with one attached hydrogen (secondary N) is 1. The van der Waals surface area contributed by atoms with Crippen LogP contribution < -0.4 is 5.32 Å². The Bertz CT molecular complexity index is 528. The fourth-order valence-electron chi connectivity index (χ4n) is 2.32. The van der Waals surface area contributed by atoms with Crippen LogP contribution in [0.4, 0.5) is 10.5 Å². The summed E-state index contributed by atoms with van der Waals surface area (Å²) in [6.45, 7) is 3.04. The quantitative estimate of drug-likeness (QED) is 0.852. The molecule has 8 heteroatoms. The summed E-state index contributed by atoms with van der Waals surface area (Å²) < 4.78 is 7.00. The predicted molar refractivity (Wildman–Crippen MR) is 75.2 cm³/mol. The van der Waals surface area contributed by atoms with Crippen molar-refractivity contribution in [1.29, 1.82) is 0 Å². The molecule has 116 valence electrons. The number of ether oxygens (including phenoxy) is 1. The first kappa shape index (κ1) is 15.3. The number of nitrogens with zero attached hydrogens (tertiary/aromatic N) is 3. The van der Waals surface area contributed by atoms with E-state index in [1.165, 1.54) is 0 Å². The Kier molecular flexibility index (Phi) is 4.79. The molecule has 21 heavy (non-hydrogen) atoms. The Morgan fingerprint density at radius 1 is 1.57 bits per heavy atom. The molecule has 0 aliphatic carbocycles. The molecular weight excluding hydrogens is 276 g/mol. The van der Waals surface area contributed by atoms with Crippen molar-refractivity contribution < 1.29 is 19.4 Å². The largest absolute Gasteiger partial charge is 0.481 e. The number of hydrogen-bond donors (Lipinski definition) is 2. The first-order chi connectivity index (χ1) is 9.99. The second kappa shape index (κ2) is 6.57. The average Bonchev–Trinajstić information content (AvgIpc) is 2.78. The predicted octanol–water partition coefficient (Wildman–Crippen LogP) is 0.690. The summed E-state index contributed by atoms with van der Waals surface area (Å²) >= 11 is 0. The Labute approximate surface area is 122 Å². The van der Waals surface area contributed by atoms with Crippen molar-refractivity contribution in [3.05, 3.63) is 11.9 Å². The Morgan fingerprint density at radius 3 is 3.00 bits per heavy atom. The molecule has 0 saturated carbocycles. The summed E-state index contributed by atoms with van der Waals surface area (Å²) in [6, 6.07) is -0.253. The van der Waals surface area contributed by atoms with Crippen LogP contribution in [-0.2, 0) is 23.0 Å². The molecule has 2 rings (SSSR count). The van der Waals surface area contributed by atoms with Gasteiger partial charge in [0.25, 0.3) is 0 Å². The molecule has 1 aliphatic rings. The molecule has 1 saturated heterocycles. The fraction of sp³-hybridized carbons (Fsp3) is 0.615. The van der Waals surface area contributed by atoms with Crippen molar-refractivity contribution in [3.63, 3.8) is 0 Å². The van der Waals surface area contributed by atoms with Crippen LogP contribution in [0.25, 0.3) is 0 Å². The molecule has 0 bridgehead atoms. The lowest BCUT2D eigenvalue weighted by Crippen LogP contribution is -2.47. The number of anilines is 1. The Morgan fingerprint density at radius 2 is 2.33 bits per heavy atom. The summed E-state index contributed by atoms with van der Waals surface area (Å²) in [5.41, 5.74) is 1.51. The molecule has 0 aromatic carbocycles. The van der Waals surface area contributed by atoms with Gasteiger partial charge in [0, 0.05) is 26.3 Å². The van der Waals surface area contributed by atoms with Gasteiger partial charge in [-0.25, -0.2) is 4.79 Å². The van der Waals surface area contributed by atoms with Crippen molar-refractivity contribution in [3.8, 4) is 0 Å². The summed E-state index contributed by atoms with van der Waals surface area (Å²) in [5, 5.41) is 15.9. The summed E-state index contributed by atoms with van der Waals surface area (Å²) in [5.74, 6) is -0.928. The van der Waals surface area contributed by atoms with Crippen molar-refractivity contribution in [2.24, 2.45) is 7.05 Å². The number of aryl methyl sites for hydroxylation is 2. The Balaban J connectivity index is 1.97. The van der Waals surface area contributed by atoms with Crippen molar-refractivity contribution in [2.45, 2.75) is 25.9 Å². The maximum absolute atomic E-state index is 12.3. The highest BCUT2D eigenvalue weighted by Crippen LogP contribution is 2.16. The van der Waals surface area contributed by atoms with Crippen LogP contribution >= 0.6 is 0 Å². The molecule has 8 nitrogen and oxygen atoms in total. The van der Waals surface area contributed by atoms with E-state index in [1.807, 2.05) is 6.92 Å². The third kappa shape index (κ3) is 3.94. The SMILES string of the molecule is CCc1nn(C)cc1NC(=O)N1CCOC(CC(=O)O)C1. The molecule has 0 spiro atoms. The van der Waals surface area contributed by atoms with Crippen molar-refractivity contribution >= 4 is 17.7 Å². The Hall–Kier alpha value is -2.09. The molecule has 1 aromatic heterocycles. The van der Waals surface area contributed by atoms with Crippen molar-refractivity contribution in [2.75, 3.05) is 25.0 Å². The normalized spacial score (nSPS) is 18.6. The molecule has 0 radical (unpaired) electrons. The van der Waals surface area contributed by atoms with Crippen LogP contribution in [0.1, 0.15) is 19.0 Å². The third-order valence-corrected chi connectivity index (χ3v) is 3.31. The number of aliphatic carboxylic acids is 1.